The lowest BCUT2D eigenvalue weighted by Gasteiger charge is -2.31. The molecule has 1 N–H and O–H groups in total. The number of carbonyl (C=O) groups excluding carboxylic acids is 1. The Labute approximate surface area is 60.6 Å². The molecule has 0 saturated carbocycles. The highest BCUT2D eigenvalue weighted by Gasteiger charge is 2.19. The first kappa shape index (κ1) is 7.69. The highest BCUT2D eigenvalue weighted by molar-refractivity contribution is 5.80. The smallest absolute Gasteiger partial charge is 0.159 e. The molecule has 0 amide bonds. The summed E-state index contributed by atoms with van der Waals surface area (Å²) in [6, 6.07) is 0. The van der Waals surface area contributed by atoms with Crippen LogP contribution in [0.1, 0.15) is 13.3 Å². The van der Waals surface area contributed by atoms with Crippen molar-refractivity contribution in [2.75, 3.05) is 19.6 Å². The largest absolute Gasteiger partial charge is 0.384 e. The van der Waals surface area contributed by atoms with Crippen LogP contribution in [-0.4, -0.2) is 41.5 Å². The van der Waals surface area contributed by atoms with E-state index in [0.29, 0.717) is 6.54 Å². The van der Waals surface area contributed by atoms with Crippen LogP contribution in [-0.2, 0) is 4.79 Å². The lowest BCUT2D eigenvalue weighted by Crippen LogP contribution is -2.44. The van der Waals surface area contributed by atoms with Gasteiger partial charge in [-0.1, -0.05) is 0 Å². The molecule has 3 heteroatoms. The number of ketones is 1. The molecular formula is C7H13NO2. The molecule has 3 nitrogen and oxygen atoms in total. The van der Waals surface area contributed by atoms with Crippen molar-refractivity contribution in [1.29, 1.82) is 0 Å². The van der Waals surface area contributed by atoms with Gasteiger partial charge in [0.15, 0.2) is 5.78 Å². The Bertz CT molecular complexity index is 132. The SMILES string of the molecule is CC(=O)C(O)CN1CCC1. The molecule has 58 valence electrons. The summed E-state index contributed by atoms with van der Waals surface area (Å²) in [7, 11) is 0. The van der Waals surface area contributed by atoms with Crippen molar-refractivity contribution in [3.8, 4) is 0 Å². The van der Waals surface area contributed by atoms with Crippen LogP contribution in [0, 0.1) is 0 Å². The van der Waals surface area contributed by atoms with Gasteiger partial charge in [0.05, 0.1) is 0 Å². The predicted octanol–water partition coefficient (Wildman–Crippen LogP) is -0.358. The molecule has 1 rings (SSSR count). The molecule has 0 aromatic rings. The zero-order valence-corrected chi connectivity index (χ0v) is 6.21. The van der Waals surface area contributed by atoms with Crippen molar-refractivity contribution >= 4 is 5.78 Å². The molecule has 1 aliphatic rings. The van der Waals surface area contributed by atoms with Crippen LogP contribution in [0.2, 0.25) is 0 Å². The van der Waals surface area contributed by atoms with Crippen LogP contribution in [0.5, 0.6) is 0 Å². The van der Waals surface area contributed by atoms with E-state index in [1.807, 2.05) is 0 Å². The van der Waals surface area contributed by atoms with Crippen LogP contribution in [0.15, 0.2) is 0 Å². The summed E-state index contributed by atoms with van der Waals surface area (Å²) < 4.78 is 0. The number of aliphatic hydroxyl groups is 1. The predicted molar refractivity (Wildman–Crippen MR) is 37.7 cm³/mol. The summed E-state index contributed by atoms with van der Waals surface area (Å²) >= 11 is 0. The molecule has 1 atom stereocenters. The summed E-state index contributed by atoms with van der Waals surface area (Å²) in [5.74, 6) is -0.132. The van der Waals surface area contributed by atoms with Gasteiger partial charge in [0.2, 0.25) is 0 Å². The number of rotatable bonds is 3. The molecule has 0 aliphatic carbocycles. The maximum atomic E-state index is 10.5. The quantitative estimate of drug-likeness (QED) is 0.586. The number of hydrogen-bond acceptors (Lipinski definition) is 3. The lowest BCUT2D eigenvalue weighted by atomic mass is 10.1. The monoisotopic (exact) mass is 143 g/mol. The van der Waals surface area contributed by atoms with Gasteiger partial charge >= 0.3 is 0 Å². The summed E-state index contributed by atoms with van der Waals surface area (Å²) in [4.78, 5) is 12.6. The number of hydrogen-bond donors (Lipinski definition) is 1. The Hall–Kier alpha value is -0.410. The van der Waals surface area contributed by atoms with Crippen LogP contribution < -0.4 is 0 Å². The molecular weight excluding hydrogens is 130 g/mol. The zero-order valence-electron chi connectivity index (χ0n) is 6.21. The van der Waals surface area contributed by atoms with Gasteiger partial charge in [-0.15, -0.1) is 0 Å². The van der Waals surface area contributed by atoms with E-state index in [1.165, 1.54) is 13.3 Å². The van der Waals surface area contributed by atoms with E-state index in [0.717, 1.165) is 13.1 Å². The Morgan fingerprint density at radius 1 is 1.70 bits per heavy atom. The first-order chi connectivity index (χ1) is 4.70. The van der Waals surface area contributed by atoms with Crippen LogP contribution in [0.4, 0.5) is 0 Å². The normalized spacial score (nSPS) is 21.8. The van der Waals surface area contributed by atoms with Crippen molar-refractivity contribution in [3.05, 3.63) is 0 Å². The second kappa shape index (κ2) is 3.12. The van der Waals surface area contributed by atoms with Crippen molar-refractivity contribution in [1.82, 2.24) is 4.90 Å². The minimum atomic E-state index is -0.764. The molecule has 10 heavy (non-hydrogen) atoms. The maximum Gasteiger partial charge on any atom is 0.159 e. The van der Waals surface area contributed by atoms with Crippen LogP contribution >= 0.6 is 0 Å². The molecule has 0 radical (unpaired) electrons. The van der Waals surface area contributed by atoms with Gasteiger partial charge in [0.1, 0.15) is 6.10 Å². The van der Waals surface area contributed by atoms with Crippen LogP contribution in [0.3, 0.4) is 0 Å². The highest BCUT2D eigenvalue weighted by Crippen LogP contribution is 2.05. The fraction of sp³-hybridized carbons (Fsp3) is 0.857. The van der Waals surface area contributed by atoms with Crippen molar-refractivity contribution in [2.24, 2.45) is 0 Å². The third kappa shape index (κ3) is 1.78. The average molecular weight is 143 g/mol. The van der Waals surface area contributed by atoms with Gasteiger partial charge in [-0.05, 0) is 26.4 Å². The van der Waals surface area contributed by atoms with Gasteiger partial charge < -0.3 is 10.0 Å². The van der Waals surface area contributed by atoms with Gasteiger partial charge in [0, 0.05) is 6.54 Å². The molecule has 0 spiro atoms. The number of carbonyl (C=O) groups is 1. The standard InChI is InChI=1S/C7H13NO2/c1-6(9)7(10)5-8-3-2-4-8/h7,10H,2-5H2,1H3. The topological polar surface area (TPSA) is 40.5 Å². The highest BCUT2D eigenvalue weighted by atomic mass is 16.3. The third-order valence-electron chi connectivity index (χ3n) is 1.85. The van der Waals surface area contributed by atoms with E-state index < -0.39 is 6.10 Å². The van der Waals surface area contributed by atoms with Gasteiger partial charge in [-0.2, -0.15) is 0 Å². The number of β-amino-alcohol motifs (C(OH)–C–C–N with tert-alkyl or cyclic N) is 1. The van der Waals surface area contributed by atoms with Crippen LogP contribution in [0.25, 0.3) is 0 Å². The molecule has 1 aliphatic heterocycles. The molecule has 1 unspecified atom stereocenters. The number of aliphatic hydroxyl groups excluding tert-OH is 1. The Kier molecular flexibility index (Phi) is 2.40. The Morgan fingerprint density at radius 3 is 2.60 bits per heavy atom. The van der Waals surface area contributed by atoms with E-state index in [4.69, 9.17) is 5.11 Å². The fourth-order valence-electron chi connectivity index (χ4n) is 0.937. The number of likely N-dealkylation sites (tertiary alicyclic amines) is 1. The van der Waals surface area contributed by atoms with Crippen molar-refractivity contribution < 1.29 is 9.90 Å². The molecule has 1 saturated heterocycles. The second-order valence-corrected chi connectivity index (χ2v) is 2.78. The fourth-order valence-corrected chi connectivity index (χ4v) is 0.937. The molecule has 0 aromatic heterocycles. The Morgan fingerprint density at radius 2 is 2.30 bits per heavy atom. The molecule has 0 bridgehead atoms. The summed E-state index contributed by atoms with van der Waals surface area (Å²) in [6.45, 7) is 4.01. The second-order valence-electron chi connectivity index (χ2n) is 2.78. The van der Waals surface area contributed by atoms with Crippen molar-refractivity contribution in [3.63, 3.8) is 0 Å². The maximum absolute atomic E-state index is 10.5. The minimum Gasteiger partial charge on any atom is -0.384 e. The third-order valence-corrected chi connectivity index (χ3v) is 1.85. The van der Waals surface area contributed by atoms with E-state index in [2.05, 4.69) is 4.90 Å². The van der Waals surface area contributed by atoms with Crippen molar-refractivity contribution in [2.45, 2.75) is 19.4 Å². The lowest BCUT2D eigenvalue weighted by molar-refractivity contribution is -0.126. The molecule has 1 fully saturated rings. The average Bonchev–Trinajstić information content (AvgIpc) is 1.77. The molecule has 0 aromatic carbocycles. The summed E-state index contributed by atoms with van der Waals surface area (Å²) in [5.41, 5.74) is 0. The van der Waals surface area contributed by atoms with Gasteiger partial charge in [-0.25, -0.2) is 0 Å². The first-order valence-corrected chi connectivity index (χ1v) is 3.61. The van der Waals surface area contributed by atoms with Gasteiger partial charge in [0.25, 0.3) is 0 Å². The summed E-state index contributed by atoms with van der Waals surface area (Å²) in [6.07, 6.45) is 0.435. The van der Waals surface area contributed by atoms with E-state index in [-0.39, 0.29) is 5.78 Å². The first-order valence-electron chi connectivity index (χ1n) is 3.61. The van der Waals surface area contributed by atoms with E-state index in [1.54, 1.807) is 0 Å². The van der Waals surface area contributed by atoms with Gasteiger partial charge in [-0.3, -0.25) is 4.79 Å². The molecule has 1 heterocycles. The number of nitrogens with zero attached hydrogens (tertiary/aromatic N) is 1. The Balaban J connectivity index is 2.16. The van der Waals surface area contributed by atoms with E-state index in [9.17, 15) is 4.79 Å². The minimum absolute atomic E-state index is 0.132. The number of Topliss-reactive ketones (excluding diaryl/α,β-unsaturated/α-hetero) is 1. The zero-order chi connectivity index (χ0) is 7.56. The summed E-state index contributed by atoms with van der Waals surface area (Å²) in [5, 5.41) is 9.07. The van der Waals surface area contributed by atoms with E-state index >= 15 is 0 Å².